The zero-order valence-corrected chi connectivity index (χ0v) is 62.0. The quantitative estimate of drug-likeness (QED) is 0.0233. The Labute approximate surface area is 651 Å². The van der Waals surface area contributed by atoms with Gasteiger partial charge >= 0.3 is 17.9 Å². The minimum absolute atomic E-state index is 0.0236. The largest absolute Gasteiger partial charge is 0.481 e. The smallest absolute Gasteiger partial charge is 0.327 e. The number of rotatable bonds is 54. The maximum atomic E-state index is 14.6. The Morgan fingerprint density at radius 1 is 0.447 bits per heavy atom. The third-order valence-corrected chi connectivity index (χ3v) is 17.4. The first-order valence-corrected chi connectivity index (χ1v) is 35.8. The summed E-state index contributed by atoms with van der Waals surface area (Å²) in [5.41, 5.74) is 5.93. The van der Waals surface area contributed by atoms with Gasteiger partial charge in [0, 0.05) is 81.2 Å². The molecule has 0 bridgehead atoms. The lowest BCUT2D eigenvalue weighted by molar-refractivity contribution is -0.142. The van der Waals surface area contributed by atoms with Crippen molar-refractivity contribution in [3.8, 4) is 0 Å². The zero-order valence-electron chi connectivity index (χ0n) is 61.1. The number of carbonyl (C=O) groups excluding carboxylic acids is 10. The molecule has 3 aromatic rings. The second-order valence-electron chi connectivity index (χ2n) is 26.1. The number of nitrogens with one attached hydrogen (secondary N) is 12. The van der Waals surface area contributed by atoms with Gasteiger partial charge in [-0.3, -0.25) is 67.3 Å². The van der Waals surface area contributed by atoms with E-state index in [0.29, 0.717) is 11.4 Å². The molecule has 19 atom stereocenters. The van der Waals surface area contributed by atoms with Crippen molar-refractivity contribution in [2.24, 2.45) is 0 Å². The molecule has 638 valence electrons. The van der Waals surface area contributed by atoms with E-state index in [0.717, 1.165) is 0 Å². The number of aromatic amines is 1. The number of nitrogen functional groups attached to an aromatic ring is 1. The van der Waals surface area contributed by atoms with Crippen LogP contribution in [0.25, 0.3) is 11.2 Å². The molecule has 48 nitrogen and oxygen atoms in total. The maximum absolute atomic E-state index is 14.6. The highest BCUT2D eigenvalue weighted by atomic mass is 32.1. The third-order valence-electron chi connectivity index (χ3n) is 17.0. The van der Waals surface area contributed by atoms with Crippen LogP contribution in [0.1, 0.15) is 100 Å². The van der Waals surface area contributed by atoms with Crippen LogP contribution in [0.5, 0.6) is 0 Å². The molecular formula is C65H100N16O32S. The second kappa shape index (κ2) is 49.5. The number of amides is 10. The summed E-state index contributed by atoms with van der Waals surface area (Å²) in [7, 11) is 0. The number of carboxylic acids is 3. The third kappa shape index (κ3) is 33.9. The number of fused-ring (bicyclic) bond motifs is 1. The van der Waals surface area contributed by atoms with Gasteiger partial charge < -0.3 is 156 Å². The van der Waals surface area contributed by atoms with E-state index in [1.54, 1.807) is 12.1 Å². The van der Waals surface area contributed by atoms with Crippen molar-refractivity contribution in [2.75, 3.05) is 56.3 Å². The van der Waals surface area contributed by atoms with Gasteiger partial charge in [0.25, 0.3) is 11.5 Å². The summed E-state index contributed by atoms with van der Waals surface area (Å²) >= 11 is 3.88. The van der Waals surface area contributed by atoms with Crippen LogP contribution in [-0.4, -0.2) is 350 Å². The summed E-state index contributed by atoms with van der Waals surface area (Å²) < 4.78 is 0. The topological polar surface area (TPSA) is 816 Å². The standard InChI is InChI=1S/C65H100N16O32S/c1-27(72-57(105)28-3-5-29(6-4-28)67-18-30-19-71-56-49(73-30)63(111)81-65(66)80-56)2-12-46(94)74-31(7-13-43(91)68-20-37(85)50(99)53(102)40(88)23-82)58(106)77-34(10-16-47(95)96)60(108)75-32(8-14-44(92)69-21-38(86)51(100)54(103)41(89)24-83)59(107)78-35(11-17-48(97)98)61(109)76-33(62(110)79-36(26-114)64(112)113)9-15-45(93)70-22-39(87)52(101)55(104)42(90)25-84/h3-6,19,27,31-42,50-55,67,82-90,99-104,114H,2,7-18,20-26H2,1H3,(H,68,91)(H,69,92)(H,70,93)(H,72,105)(H,74,94)(H,75,108)(H,76,109)(H,77,106)(H,78,107)(H,79,110)(H,95,96)(H,97,98)(H,112,113)(H3,66,71,80,81,111)/t27-,31+,32+,33+,34+,35+,36+,37+,38+,39+,40-,41-,42-,50-,51-,52-,53-,54-,55-/m1/s1. The van der Waals surface area contributed by atoms with Crippen LogP contribution in [0.15, 0.2) is 35.3 Å². The number of carboxylic acid groups (broad SMARTS) is 3. The van der Waals surface area contributed by atoms with Gasteiger partial charge in [-0.25, -0.2) is 14.8 Å². The number of benzene rings is 1. The summed E-state index contributed by atoms with van der Waals surface area (Å²) in [6, 6.07) is -6.97. The molecule has 3 rings (SSSR count). The molecule has 0 saturated carbocycles. The lowest BCUT2D eigenvalue weighted by atomic mass is 10.0. The Kier molecular flexibility index (Phi) is 42.6. The molecule has 1 aromatic carbocycles. The number of aliphatic hydroxyl groups is 15. The molecule has 0 aliphatic rings. The van der Waals surface area contributed by atoms with E-state index < -0.39 is 314 Å². The first kappa shape index (κ1) is 98.1. The van der Waals surface area contributed by atoms with E-state index in [1.165, 1.54) is 25.3 Å². The van der Waals surface area contributed by atoms with Crippen LogP contribution in [-0.2, 0) is 64.1 Å². The van der Waals surface area contributed by atoms with Crippen LogP contribution in [0.2, 0.25) is 0 Å². The Morgan fingerprint density at radius 3 is 1.14 bits per heavy atom. The normalized spacial score (nSPS) is 16.4. The van der Waals surface area contributed by atoms with E-state index in [4.69, 9.17) is 10.8 Å². The molecule has 2 aromatic heterocycles. The number of nitrogens with zero attached hydrogens (tertiary/aromatic N) is 3. The molecule has 0 fully saturated rings. The average molecular weight is 1650 g/mol. The number of hydrogen-bond acceptors (Lipinski definition) is 35. The van der Waals surface area contributed by atoms with Crippen molar-refractivity contribution in [1.82, 2.24) is 73.1 Å². The number of thiol groups is 1. The van der Waals surface area contributed by atoms with Gasteiger partial charge in [-0.2, -0.15) is 17.6 Å². The molecule has 32 N–H and O–H groups in total. The lowest BCUT2D eigenvalue weighted by Gasteiger charge is -2.28. The molecule has 0 spiro atoms. The van der Waals surface area contributed by atoms with Gasteiger partial charge in [-0.05, 0) is 69.7 Å². The van der Waals surface area contributed by atoms with Crippen LogP contribution in [0, 0.1) is 0 Å². The predicted octanol–water partition coefficient (Wildman–Crippen LogP) is -13.5. The van der Waals surface area contributed by atoms with Gasteiger partial charge in [0.05, 0.1) is 56.6 Å². The van der Waals surface area contributed by atoms with Gasteiger partial charge in [-0.1, -0.05) is 0 Å². The number of nitrogens with two attached hydrogens (primary N) is 1. The first-order valence-electron chi connectivity index (χ1n) is 35.2. The van der Waals surface area contributed by atoms with Crippen LogP contribution < -0.4 is 69.8 Å². The van der Waals surface area contributed by atoms with Crippen molar-refractivity contribution >= 4 is 112 Å². The molecule has 49 heteroatoms. The van der Waals surface area contributed by atoms with E-state index >= 15 is 0 Å². The molecule has 0 unspecified atom stereocenters. The Hall–Kier alpha value is -10.1. The highest BCUT2D eigenvalue weighted by Crippen LogP contribution is 2.16. The monoisotopic (exact) mass is 1650 g/mol. The zero-order chi connectivity index (χ0) is 85.8. The summed E-state index contributed by atoms with van der Waals surface area (Å²) in [5, 5.41) is 203. The summed E-state index contributed by atoms with van der Waals surface area (Å²) in [6.07, 6.45) is -32.9. The SMILES string of the molecule is C[C@H](CCC(=O)N[C@@H](CCC(=O)NC[C@H](O)[C@@H](O)[C@H](O)[C@H](O)CO)C(=O)N[C@@H](CCC(=O)O)C(=O)N[C@@H](CCC(=O)NC[C@H](O)[C@@H](O)[C@H](O)[C@H](O)CO)C(=O)N[C@@H](CCC(=O)O)C(=O)N[C@@H](CCC(=O)NC[C@H](O)[C@@H](O)[C@H](O)[C@H](O)CO)C(=O)N[C@@H](CS)C(=O)O)NC(=O)c1ccc(NCc2cnc3nc(N)[nH]c(=O)c3n2)cc1. The molecular weight excluding hydrogens is 1550 g/mol. The number of aliphatic hydroxyl groups excluding tert-OH is 15. The minimum Gasteiger partial charge on any atom is -0.481 e. The molecule has 0 saturated heterocycles. The summed E-state index contributed by atoms with van der Waals surface area (Å²) in [6.45, 7) is -4.23. The lowest BCUT2D eigenvalue weighted by Crippen LogP contribution is -2.59. The highest BCUT2D eigenvalue weighted by molar-refractivity contribution is 7.80. The fourth-order valence-corrected chi connectivity index (χ4v) is 10.5. The number of carbonyl (C=O) groups is 13. The molecule has 0 radical (unpaired) electrons. The molecule has 10 amide bonds. The van der Waals surface area contributed by atoms with Crippen molar-refractivity contribution in [1.29, 1.82) is 0 Å². The predicted molar refractivity (Wildman–Crippen MR) is 389 cm³/mol. The maximum Gasteiger partial charge on any atom is 0.327 e. The van der Waals surface area contributed by atoms with Crippen molar-refractivity contribution in [3.63, 3.8) is 0 Å². The van der Waals surface area contributed by atoms with E-state index in [-0.39, 0.29) is 35.6 Å². The number of aromatic nitrogens is 4. The second-order valence-corrected chi connectivity index (χ2v) is 26.4. The van der Waals surface area contributed by atoms with E-state index in [1.807, 2.05) is 5.32 Å². The van der Waals surface area contributed by atoms with Crippen LogP contribution in [0.3, 0.4) is 0 Å². The fourth-order valence-electron chi connectivity index (χ4n) is 10.2. The molecule has 0 aliphatic heterocycles. The Bertz CT molecular complexity index is 3760. The average Bonchev–Trinajstić information content (AvgIpc) is 0.812. The van der Waals surface area contributed by atoms with Crippen molar-refractivity contribution in [2.45, 2.75) is 206 Å². The summed E-state index contributed by atoms with van der Waals surface area (Å²) in [5.74, 6) is -17.7. The highest BCUT2D eigenvalue weighted by Gasteiger charge is 2.38. The fraction of sp³-hybridized carbons (Fsp3) is 0.615. The number of hydrogen-bond donors (Lipinski definition) is 32. The van der Waals surface area contributed by atoms with Gasteiger partial charge in [0.1, 0.15) is 91.2 Å². The number of anilines is 2. The Morgan fingerprint density at radius 2 is 0.789 bits per heavy atom. The molecule has 0 aliphatic carbocycles. The number of H-pyrrole nitrogens is 1. The Balaban J connectivity index is 2.02. The van der Waals surface area contributed by atoms with Crippen molar-refractivity contribution in [3.05, 3.63) is 52.1 Å². The summed E-state index contributed by atoms with van der Waals surface area (Å²) in [4.78, 5) is 202. The van der Waals surface area contributed by atoms with Crippen molar-refractivity contribution < 1.29 is 154 Å². The van der Waals surface area contributed by atoms with Gasteiger partial charge in [0.15, 0.2) is 11.2 Å². The van der Waals surface area contributed by atoms with Crippen LogP contribution in [0.4, 0.5) is 11.6 Å². The molecule has 114 heavy (non-hydrogen) atoms. The van der Waals surface area contributed by atoms with E-state index in [2.05, 4.69) is 85.7 Å². The van der Waals surface area contributed by atoms with Gasteiger partial charge in [0.2, 0.25) is 59.1 Å². The first-order chi connectivity index (χ1) is 53.6. The van der Waals surface area contributed by atoms with Gasteiger partial charge in [-0.15, -0.1) is 0 Å². The number of aliphatic carboxylic acids is 3. The van der Waals surface area contributed by atoms with E-state index in [9.17, 15) is 154 Å². The van der Waals surface area contributed by atoms with Crippen LogP contribution >= 0.6 is 12.6 Å². The minimum atomic E-state index is -2.22. The molecule has 2 heterocycles.